The molecule has 4 nitrogen and oxygen atoms in total. The first-order chi connectivity index (χ1) is 13.0. The van der Waals surface area contributed by atoms with Gasteiger partial charge in [-0.05, 0) is 57.2 Å². The summed E-state index contributed by atoms with van der Waals surface area (Å²) in [7, 11) is 0. The molecular formula is C21H18Br2N2O2. The van der Waals surface area contributed by atoms with Crippen molar-refractivity contribution < 1.29 is 9.90 Å². The summed E-state index contributed by atoms with van der Waals surface area (Å²) in [6.07, 6.45) is 2.40. The van der Waals surface area contributed by atoms with Crippen molar-refractivity contribution in [3.05, 3.63) is 74.2 Å². The molecule has 6 heteroatoms. The van der Waals surface area contributed by atoms with Crippen LogP contribution >= 0.6 is 31.9 Å². The molecule has 0 aliphatic carbocycles. The Hall–Kier alpha value is -2.18. The van der Waals surface area contributed by atoms with Crippen molar-refractivity contribution in [3.63, 3.8) is 0 Å². The molecular weight excluding hydrogens is 472 g/mol. The zero-order chi connectivity index (χ0) is 19.4. The molecule has 0 spiro atoms. The van der Waals surface area contributed by atoms with Gasteiger partial charge in [-0.25, -0.2) is 5.43 Å². The van der Waals surface area contributed by atoms with Crippen LogP contribution in [0.25, 0.3) is 10.8 Å². The number of hydrazone groups is 1. The average molecular weight is 490 g/mol. The number of amides is 1. The van der Waals surface area contributed by atoms with Gasteiger partial charge in [-0.15, -0.1) is 0 Å². The lowest BCUT2D eigenvalue weighted by molar-refractivity contribution is -0.121. The second kappa shape index (κ2) is 8.67. The minimum atomic E-state index is -0.177. The SMILES string of the molecule is Cc1c(Br)cc(/C=N/NC(=O)CCc2cccc3ccccc23)c(O)c1Br. The smallest absolute Gasteiger partial charge is 0.240 e. The minimum Gasteiger partial charge on any atom is -0.506 e. The Morgan fingerprint density at radius 2 is 1.93 bits per heavy atom. The molecule has 1 amide bonds. The molecule has 0 saturated carbocycles. The van der Waals surface area contributed by atoms with Crippen molar-refractivity contribution in [2.45, 2.75) is 19.8 Å². The van der Waals surface area contributed by atoms with E-state index in [-0.39, 0.29) is 11.7 Å². The van der Waals surface area contributed by atoms with E-state index in [1.54, 1.807) is 6.07 Å². The van der Waals surface area contributed by atoms with Crippen LogP contribution in [0.1, 0.15) is 23.1 Å². The fourth-order valence-electron chi connectivity index (χ4n) is 2.81. The Morgan fingerprint density at radius 1 is 1.19 bits per heavy atom. The maximum atomic E-state index is 12.1. The van der Waals surface area contributed by atoms with E-state index in [4.69, 9.17) is 0 Å². The minimum absolute atomic E-state index is 0.0875. The number of phenolic OH excluding ortho intramolecular Hbond substituents is 1. The molecule has 138 valence electrons. The second-order valence-corrected chi connectivity index (χ2v) is 7.81. The first-order valence-corrected chi connectivity index (χ1v) is 10.0. The van der Waals surface area contributed by atoms with Crippen LogP contribution in [-0.4, -0.2) is 17.2 Å². The summed E-state index contributed by atoms with van der Waals surface area (Å²) < 4.78 is 1.44. The van der Waals surface area contributed by atoms with E-state index < -0.39 is 0 Å². The number of phenols is 1. The highest BCUT2D eigenvalue weighted by Gasteiger charge is 2.10. The van der Waals surface area contributed by atoms with Crippen molar-refractivity contribution in [2.24, 2.45) is 5.10 Å². The lowest BCUT2D eigenvalue weighted by Gasteiger charge is -2.08. The number of hydrogen-bond donors (Lipinski definition) is 2. The number of aryl methyl sites for hydroxylation is 1. The number of fused-ring (bicyclic) bond motifs is 1. The van der Waals surface area contributed by atoms with Gasteiger partial charge in [-0.3, -0.25) is 4.79 Å². The van der Waals surface area contributed by atoms with Gasteiger partial charge in [0.1, 0.15) is 5.75 Å². The molecule has 0 fully saturated rings. The predicted molar refractivity (Wildman–Crippen MR) is 116 cm³/mol. The number of carbonyl (C=O) groups excluding carboxylic acids is 1. The highest BCUT2D eigenvalue weighted by atomic mass is 79.9. The van der Waals surface area contributed by atoms with Gasteiger partial charge in [0, 0.05) is 16.5 Å². The van der Waals surface area contributed by atoms with E-state index in [2.05, 4.69) is 60.6 Å². The van der Waals surface area contributed by atoms with Gasteiger partial charge in [0.2, 0.25) is 5.91 Å². The summed E-state index contributed by atoms with van der Waals surface area (Å²) in [4.78, 5) is 12.1. The van der Waals surface area contributed by atoms with Crippen LogP contribution in [0.4, 0.5) is 0 Å². The molecule has 27 heavy (non-hydrogen) atoms. The molecule has 3 rings (SSSR count). The molecule has 2 N–H and O–H groups in total. The largest absolute Gasteiger partial charge is 0.506 e. The predicted octanol–water partition coefficient (Wildman–Crippen LogP) is 5.46. The number of halogens is 2. The van der Waals surface area contributed by atoms with Gasteiger partial charge in [0.05, 0.1) is 10.7 Å². The fraction of sp³-hybridized carbons (Fsp3) is 0.143. The average Bonchev–Trinajstić information content (AvgIpc) is 2.68. The lowest BCUT2D eigenvalue weighted by Crippen LogP contribution is -2.18. The summed E-state index contributed by atoms with van der Waals surface area (Å²) in [5.74, 6) is -0.0895. The van der Waals surface area contributed by atoms with Gasteiger partial charge >= 0.3 is 0 Å². The molecule has 0 atom stereocenters. The van der Waals surface area contributed by atoms with Crippen molar-refractivity contribution in [3.8, 4) is 5.75 Å². The zero-order valence-corrected chi connectivity index (χ0v) is 17.8. The number of rotatable bonds is 5. The third kappa shape index (κ3) is 4.57. The molecule has 3 aromatic rings. The number of carbonyl (C=O) groups is 1. The zero-order valence-electron chi connectivity index (χ0n) is 14.7. The molecule has 0 saturated heterocycles. The molecule has 0 aliphatic rings. The first kappa shape index (κ1) is 19.6. The van der Waals surface area contributed by atoms with Crippen LogP contribution < -0.4 is 5.43 Å². The van der Waals surface area contributed by atoms with Crippen molar-refractivity contribution in [2.75, 3.05) is 0 Å². The topological polar surface area (TPSA) is 61.7 Å². The summed E-state index contributed by atoms with van der Waals surface area (Å²) in [5, 5.41) is 16.4. The van der Waals surface area contributed by atoms with Gasteiger partial charge in [-0.2, -0.15) is 5.10 Å². The van der Waals surface area contributed by atoms with E-state index in [0.717, 1.165) is 21.0 Å². The van der Waals surface area contributed by atoms with E-state index in [1.165, 1.54) is 11.6 Å². The van der Waals surface area contributed by atoms with E-state index in [0.29, 0.717) is 22.9 Å². The Kier molecular flexibility index (Phi) is 6.29. The third-order valence-corrected chi connectivity index (χ3v) is 6.14. The van der Waals surface area contributed by atoms with Crippen LogP contribution in [0.15, 0.2) is 62.6 Å². The van der Waals surface area contributed by atoms with Crippen molar-refractivity contribution in [1.29, 1.82) is 0 Å². The van der Waals surface area contributed by atoms with Crippen LogP contribution in [0, 0.1) is 6.92 Å². The van der Waals surface area contributed by atoms with Crippen LogP contribution in [0.5, 0.6) is 5.75 Å². The van der Waals surface area contributed by atoms with Gasteiger partial charge in [0.15, 0.2) is 0 Å². The summed E-state index contributed by atoms with van der Waals surface area (Å²) >= 11 is 6.78. The van der Waals surface area contributed by atoms with E-state index >= 15 is 0 Å². The number of nitrogens with zero attached hydrogens (tertiary/aromatic N) is 1. The summed E-state index contributed by atoms with van der Waals surface area (Å²) in [6, 6.07) is 16.0. The van der Waals surface area contributed by atoms with Gasteiger partial charge < -0.3 is 5.11 Å². The number of hydrogen-bond acceptors (Lipinski definition) is 3. The molecule has 0 bridgehead atoms. The van der Waals surface area contributed by atoms with Crippen LogP contribution in [0.3, 0.4) is 0 Å². The van der Waals surface area contributed by atoms with Crippen LogP contribution in [-0.2, 0) is 11.2 Å². The van der Waals surface area contributed by atoms with Crippen molar-refractivity contribution >= 4 is 54.8 Å². The number of aromatic hydroxyl groups is 1. The normalized spacial score (nSPS) is 11.2. The Balaban J connectivity index is 1.63. The molecule has 3 aromatic carbocycles. The third-order valence-electron chi connectivity index (χ3n) is 4.35. The Morgan fingerprint density at radius 3 is 2.74 bits per heavy atom. The quantitative estimate of drug-likeness (QED) is 0.369. The highest BCUT2D eigenvalue weighted by molar-refractivity contribution is 9.11. The molecule has 0 unspecified atom stereocenters. The fourth-order valence-corrected chi connectivity index (χ4v) is 3.96. The molecule has 0 aromatic heterocycles. The van der Waals surface area contributed by atoms with Crippen molar-refractivity contribution in [1.82, 2.24) is 5.43 Å². The standard InChI is InChI=1S/C21H18Br2N2O2/c1-13-18(22)11-16(21(27)20(13)23)12-24-25-19(26)10-9-15-7-4-6-14-5-2-3-8-17(14)15/h2-8,11-12,27H,9-10H2,1H3,(H,25,26)/b24-12+. The summed E-state index contributed by atoms with van der Waals surface area (Å²) in [6.45, 7) is 1.88. The lowest BCUT2D eigenvalue weighted by atomic mass is 10.0. The van der Waals surface area contributed by atoms with E-state index in [1.807, 2.05) is 31.2 Å². The van der Waals surface area contributed by atoms with Gasteiger partial charge in [0.25, 0.3) is 0 Å². The molecule has 0 aliphatic heterocycles. The monoisotopic (exact) mass is 488 g/mol. The second-order valence-electron chi connectivity index (χ2n) is 6.17. The van der Waals surface area contributed by atoms with Gasteiger partial charge in [-0.1, -0.05) is 58.4 Å². The first-order valence-electron chi connectivity index (χ1n) is 8.43. The molecule has 0 heterocycles. The number of benzene rings is 3. The Bertz CT molecular complexity index is 1030. The number of nitrogens with one attached hydrogen (secondary N) is 1. The van der Waals surface area contributed by atoms with E-state index in [9.17, 15) is 9.90 Å². The molecule has 0 radical (unpaired) electrons. The van der Waals surface area contributed by atoms with Crippen LogP contribution in [0.2, 0.25) is 0 Å². The maximum Gasteiger partial charge on any atom is 0.240 e. The summed E-state index contributed by atoms with van der Waals surface area (Å²) in [5.41, 5.74) is 5.05. The maximum absolute atomic E-state index is 12.1. The highest BCUT2D eigenvalue weighted by Crippen LogP contribution is 2.35. The Labute approximate surface area is 174 Å².